The molecular formula is C24H29N3O2S. The lowest BCUT2D eigenvalue weighted by molar-refractivity contribution is 0.0510. The van der Waals surface area contributed by atoms with E-state index in [1.807, 2.05) is 42.3 Å². The number of amides is 1. The van der Waals surface area contributed by atoms with Crippen LogP contribution in [0.2, 0.25) is 0 Å². The van der Waals surface area contributed by atoms with Crippen LogP contribution < -0.4 is 4.90 Å². The smallest absolute Gasteiger partial charge is 0.264 e. The molecule has 0 saturated carbocycles. The van der Waals surface area contributed by atoms with E-state index in [1.54, 1.807) is 0 Å². The van der Waals surface area contributed by atoms with Gasteiger partial charge in [0.25, 0.3) is 5.91 Å². The second-order valence-electron chi connectivity index (χ2n) is 8.27. The lowest BCUT2D eigenvalue weighted by Crippen LogP contribution is -2.37. The Labute approximate surface area is 182 Å². The molecule has 1 fully saturated rings. The van der Waals surface area contributed by atoms with Gasteiger partial charge in [0, 0.05) is 44.7 Å². The third kappa shape index (κ3) is 4.20. The van der Waals surface area contributed by atoms with Gasteiger partial charge in [0.05, 0.1) is 16.5 Å². The Balaban J connectivity index is 1.72. The van der Waals surface area contributed by atoms with E-state index in [1.165, 1.54) is 11.3 Å². The van der Waals surface area contributed by atoms with E-state index in [0.717, 1.165) is 57.7 Å². The fourth-order valence-corrected chi connectivity index (χ4v) is 4.97. The van der Waals surface area contributed by atoms with Crippen molar-refractivity contribution in [2.45, 2.75) is 39.3 Å². The van der Waals surface area contributed by atoms with Gasteiger partial charge in [-0.25, -0.2) is 4.98 Å². The minimum atomic E-state index is 0.0760. The number of hydrogen-bond acceptors (Lipinski definition) is 5. The van der Waals surface area contributed by atoms with Crippen LogP contribution in [0.5, 0.6) is 0 Å². The molecule has 1 aliphatic rings. The monoisotopic (exact) mass is 423 g/mol. The summed E-state index contributed by atoms with van der Waals surface area (Å²) in [7, 11) is 4.01. The van der Waals surface area contributed by atoms with E-state index in [2.05, 4.69) is 31.2 Å². The summed E-state index contributed by atoms with van der Waals surface area (Å²) in [5, 5.41) is 3.09. The lowest BCUT2D eigenvalue weighted by Gasteiger charge is -2.27. The van der Waals surface area contributed by atoms with E-state index in [-0.39, 0.29) is 12.0 Å². The molecule has 1 atom stereocenters. The quantitative estimate of drug-likeness (QED) is 0.571. The zero-order valence-corrected chi connectivity index (χ0v) is 19.0. The van der Waals surface area contributed by atoms with Crippen molar-refractivity contribution in [3.63, 3.8) is 0 Å². The van der Waals surface area contributed by atoms with Crippen molar-refractivity contribution >= 4 is 34.0 Å². The number of aromatic nitrogens is 1. The molecule has 0 aliphatic carbocycles. The van der Waals surface area contributed by atoms with Gasteiger partial charge in [-0.2, -0.15) is 0 Å². The van der Waals surface area contributed by atoms with Crippen LogP contribution in [0.25, 0.3) is 10.9 Å². The summed E-state index contributed by atoms with van der Waals surface area (Å²) in [4.78, 5) is 23.2. The third-order valence-corrected chi connectivity index (χ3v) is 6.68. The highest BCUT2D eigenvalue weighted by Gasteiger charge is 2.26. The summed E-state index contributed by atoms with van der Waals surface area (Å²) in [5.74, 6) is 0.983. The van der Waals surface area contributed by atoms with Crippen LogP contribution in [0.3, 0.4) is 0 Å². The van der Waals surface area contributed by atoms with Gasteiger partial charge in [-0.15, -0.1) is 11.3 Å². The van der Waals surface area contributed by atoms with Crippen LogP contribution in [-0.2, 0) is 11.3 Å². The Morgan fingerprint density at radius 1 is 1.23 bits per heavy atom. The average Bonchev–Trinajstić information content (AvgIpc) is 3.38. The Kier molecular flexibility index (Phi) is 6.06. The zero-order valence-electron chi connectivity index (χ0n) is 18.1. The molecule has 1 aromatic carbocycles. The molecule has 1 amide bonds. The minimum Gasteiger partial charge on any atom is -0.376 e. The molecule has 1 saturated heterocycles. The van der Waals surface area contributed by atoms with E-state index >= 15 is 0 Å². The van der Waals surface area contributed by atoms with Gasteiger partial charge < -0.3 is 14.5 Å². The molecule has 6 heteroatoms. The molecule has 1 aliphatic heterocycles. The highest BCUT2D eigenvalue weighted by Crippen LogP contribution is 2.28. The summed E-state index contributed by atoms with van der Waals surface area (Å²) in [6, 6.07) is 10.4. The predicted molar refractivity (Wildman–Crippen MR) is 124 cm³/mol. The second-order valence-corrected chi connectivity index (χ2v) is 9.18. The van der Waals surface area contributed by atoms with Gasteiger partial charge in [-0.05, 0) is 55.3 Å². The maximum atomic E-state index is 13.5. The van der Waals surface area contributed by atoms with Crippen molar-refractivity contribution in [3.05, 3.63) is 57.3 Å². The Morgan fingerprint density at radius 2 is 2.07 bits per heavy atom. The highest BCUT2D eigenvalue weighted by atomic mass is 32.1. The lowest BCUT2D eigenvalue weighted by atomic mass is 10.1. The third-order valence-electron chi connectivity index (χ3n) is 5.68. The normalized spacial score (nSPS) is 16.2. The highest BCUT2D eigenvalue weighted by molar-refractivity contribution is 7.12. The minimum absolute atomic E-state index is 0.0760. The van der Waals surface area contributed by atoms with E-state index < -0.39 is 0 Å². The van der Waals surface area contributed by atoms with Gasteiger partial charge in [0.2, 0.25) is 0 Å². The molecule has 30 heavy (non-hydrogen) atoms. The maximum absolute atomic E-state index is 13.5. The molecule has 3 aromatic rings. The number of carbonyl (C=O) groups excluding carboxylic acids is 1. The fraction of sp³-hybridized carbons (Fsp3) is 0.417. The number of thiophene rings is 1. The van der Waals surface area contributed by atoms with Crippen molar-refractivity contribution in [1.29, 1.82) is 0 Å². The number of carbonyl (C=O) groups is 1. The predicted octanol–water partition coefficient (Wildman–Crippen LogP) is 4.80. The molecule has 0 bridgehead atoms. The van der Waals surface area contributed by atoms with E-state index in [0.29, 0.717) is 13.1 Å². The summed E-state index contributed by atoms with van der Waals surface area (Å²) < 4.78 is 5.87. The number of hydrogen-bond donors (Lipinski definition) is 0. The Bertz CT molecular complexity index is 1050. The number of pyridine rings is 1. The molecule has 5 nitrogen and oxygen atoms in total. The van der Waals surface area contributed by atoms with E-state index in [9.17, 15) is 4.79 Å². The number of rotatable bonds is 6. The molecule has 2 aromatic heterocycles. The van der Waals surface area contributed by atoms with Crippen LogP contribution >= 0.6 is 11.3 Å². The standard InChI is InChI=1S/C24H29N3O2S/c1-16-7-5-8-18-13-19(23(26(3)4)25-21(16)18)14-27(15-20-9-6-11-29-20)24(28)22-17(2)10-12-30-22/h5,7-8,10,12-13,20H,6,9,11,14-15H2,1-4H3/t20-/m1/s1. The van der Waals surface area contributed by atoms with Crippen LogP contribution in [0.1, 0.15) is 39.2 Å². The first-order valence-corrected chi connectivity index (χ1v) is 11.3. The number of benzene rings is 1. The van der Waals surface area contributed by atoms with Crippen LogP contribution in [0, 0.1) is 13.8 Å². The van der Waals surface area contributed by atoms with Crippen molar-refractivity contribution < 1.29 is 9.53 Å². The van der Waals surface area contributed by atoms with Gasteiger partial charge in [0.15, 0.2) is 0 Å². The maximum Gasteiger partial charge on any atom is 0.264 e. The van der Waals surface area contributed by atoms with E-state index in [4.69, 9.17) is 9.72 Å². The van der Waals surface area contributed by atoms with Crippen molar-refractivity contribution in [2.75, 3.05) is 32.1 Å². The molecule has 0 N–H and O–H groups in total. The molecule has 0 spiro atoms. The summed E-state index contributed by atoms with van der Waals surface area (Å²) in [6.07, 6.45) is 2.17. The number of fused-ring (bicyclic) bond motifs is 1. The van der Waals surface area contributed by atoms with Crippen LogP contribution in [-0.4, -0.2) is 49.1 Å². The summed E-state index contributed by atoms with van der Waals surface area (Å²) >= 11 is 1.51. The Morgan fingerprint density at radius 3 is 2.73 bits per heavy atom. The van der Waals surface area contributed by atoms with Gasteiger partial charge in [0.1, 0.15) is 5.82 Å². The summed E-state index contributed by atoms with van der Waals surface area (Å²) in [6.45, 7) is 5.99. The molecular weight excluding hydrogens is 394 g/mol. The second kappa shape index (κ2) is 8.74. The largest absolute Gasteiger partial charge is 0.376 e. The SMILES string of the molecule is Cc1ccsc1C(=O)N(Cc1cc2cccc(C)c2nc1N(C)C)C[C@H]1CCCO1. The Hall–Kier alpha value is -2.44. The van der Waals surface area contributed by atoms with Crippen LogP contribution in [0.4, 0.5) is 5.82 Å². The van der Waals surface area contributed by atoms with Gasteiger partial charge in [-0.1, -0.05) is 18.2 Å². The molecule has 3 heterocycles. The number of nitrogens with zero attached hydrogens (tertiary/aromatic N) is 3. The fourth-order valence-electron chi connectivity index (χ4n) is 4.08. The topological polar surface area (TPSA) is 45.7 Å². The van der Waals surface area contributed by atoms with Crippen LogP contribution in [0.15, 0.2) is 35.7 Å². The first-order valence-electron chi connectivity index (χ1n) is 10.5. The van der Waals surface area contributed by atoms with Crippen molar-refractivity contribution in [2.24, 2.45) is 0 Å². The molecule has 158 valence electrons. The first-order chi connectivity index (χ1) is 14.4. The molecule has 0 radical (unpaired) electrons. The molecule has 4 rings (SSSR count). The average molecular weight is 424 g/mol. The van der Waals surface area contributed by atoms with Gasteiger partial charge >= 0.3 is 0 Å². The first kappa shape index (κ1) is 20.8. The van der Waals surface area contributed by atoms with Gasteiger partial charge in [-0.3, -0.25) is 4.79 Å². The number of anilines is 1. The van der Waals surface area contributed by atoms with Crippen molar-refractivity contribution in [1.82, 2.24) is 9.88 Å². The summed E-state index contributed by atoms with van der Waals surface area (Å²) in [5.41, 5.74) is 4.25. The number of para-hydroxylation sites is 1. The zero-order chi connectivity index (χ0) is 21.3. The number of ether oxygens (including phenoxy) is 1. The number of aryl methyl sites for hydroxylation is 2. The van der Waals surface area contributed by atoms with Crippen molar-refractivity contribution in [3.8, 4) is 0 Å². The molecule has 0 unspecified atom stereocenters.